The molecule has 4 rings (SSSR count). The van der Waals surface area contributed by atoms with E-state index in [4.69, 9.17) is 0 Å². The third-order valence-corrected chi connectivity index (χ3v) is 7.67. The predicted octanol–water partition coefficient (Wildman–Crippen LogP) is 4.74. The minimum atomic E-state index is 0.177. The van der Waals surface area contributed by atoms with Gasteiger partial charge in [-0.3, -0.25) is 4.79 Å². The van der Waals surface area contributed by atoms with Crippen LogP contribution in [0.5, 0.6) is 0 Å². The first-order valence-electron chi connectivity index (χ1n) is 11.2. The van der Waals surface area contributed by atoms with Gasteiger partial charge < -0.3 is 9.80 Å². The van der Waals surface area contributed by atoms with Crippen LogP contribution in [0.25, 0.3) is 0 Å². The number of carbonyl (C=O) groups excluding carboxylic acids is 1. The molecule has 0 N–H and O–H groups in total. The Morgan fingerprint density at radius 2 is 1.81 bits per heavy atom. The molecule has 1 aliphatic carbocycles. The van der Waals surface area contributed by atoms with Crippen molar-refractivity contribution in [2.45, 2.75) is 83.2 Å². The quantitative estimate of drug-likeness (QED) is 0.769. The third-order valence-electron chi connectivity index (χ3n) is 7.67. The van der Waals surface area contributed by atoms with E-state index in [1.807, 2.05) is 0 Å². The van der Waals surface area contributed by atoms with Gasteiger partial charge in [0, 0.05) is 31.5 Å². The second kappa shape index (κ2) is 7.95. The van der Waals surface area contributed by atoms with Crippen LogP contribution in [-0.4, -0.2) is 41.4 Å². The van der Waals surface area contributed by atoms with E-state index in [1.165, 1.54) is 75.6 Å². The van der Waals surface area contributed by atoms with Crippen molar-refractivity contribution in [3.05, 3.63) is 35.4 Å². The number of hydrogen-bond donors (Lipinski definition) is 0. The lowest BCUT2D eigenvalue weighted by Gasteiger charge is -2.50. The summed E-state index contributed by atoms with van der Waals surface area (Å²) >= 11 is 0. The van der Waals surface area contributed by atoms with Gasteiger partial charge in [0.1, 0.15) is 0 Å². The van der Waals surface area contributed by atoms with E-state index in [0.717, 1.165) is 25.0 Å². The molecule has 2 aliphatic heterocycles. The van der Waals surface area contributed by atoms with Crippen molar-refractivity contribution in [2.24, 2.45) is 5.92 Å². The number of carbonyl (C=O) groups is 1. The molecule has 1 spiro atoms. The van der Waals surface area contributed by atoms with Crippen LogP contribution in [0.15, 0.2) is 24.3 Å². The van der Waals surface area contributed by atoms with Gasteiger partial charge in [0.2, 0.25) is 5.91 Å². The van der Waals surface area contributed by atoms with Crippen LogP contribution in [0.1, 0.15) is 76.3 Å². The molecular weight excluding hydrogens is 332 g/mol. The van der Waals surface area contributed by atoms with Gasteiger partial charge in [-0.05, 0) is 68.7 Å². The van der Waals surface area contributed by atoms with Crippen molar-refractivity contribution in [3.63, 3.8) is 0 Å². The number of rotatable bonds is 3. The van der Waals surface area contributed by atoms with Crippen molar-refractivity contribution in [1.29, 1.82) is 0 Å². The fourth-order valence-electron chi connectivity index (χ4n) is 6.06. The second-order valence-corrected chi connectivity index (χ2v) is 9.31. The molecule has 0 atom stereocenters. The zero-order chi connectivity index (χ0) is 18.9. The lowest BCUT2D eigenvalue weighted by Crippen LogP contribution is -2.54. The molecule has 1 saturated heterocycles. The number of amides is 1. The van der Waals surface area contributed by atoms with E-state index < -0.39 is 0 Å². The largest absolute Gasteiger partial charge is 0.338 e. The molecule has 0 bridgehead atoms. The maximum Gasteiger partial charge on any atom is 0.219 e. The number of benzene rings is 1. The number of fused-ring (bicyclic) bond motifs is 2. The summed E-state index contributed by atoms with van der Waals surface area (Å²) in [4.78, 5) is 17.0. The van der Waals surface area contributed by atoms with Gasteiger partial charge in [-0.2, -0.15) is 0 Å². The van der Waals surface area contributed by atoms with Crippen molar-refractivity contribution in [1.82, 2.24) is 9.80 Å². The van der Waals surface area contributed by atoms with Crippen LogP contribution in [-0.2, 0) is 16.8 Å². The fraction of sp³-hybridized carbons (Fsp3) is 0.708. The molecule has 1 saturated carbocycles. The lowest BCUT2D eigenvalue weighted by atomic mass is 9.68. The predicted molar refractivity (Wildman–Crippen MR) is 111 cm³/mol. The van der Waals surface area contributed by atoms with E-state index in [2.05, 4.69) is 41.0 Å². The first-order chi connectivity index (χ1) is 13.1. The standard InChI is InChI=1S/C24H36N2O/c1-3-6-20-9-11-22(12-10-20)25-15-13-24(14-16-25)18-26(19(2)27)17-21-7-4-5-8-23(21)24/h4-5,7-8,20,22H,3,6,9-18H2,1-2H3. The van der Waals surface area contributed by atoms with Gasteiger partial charge in [0.25, 0.3) is 0 Å². The van der Waals surface area contributed by atoms with Crippen molar-refractivity contribution in [2.75, 3.05) is 19.6 Å². The first-order valence-corrected chi connectivity index (χ1v) is 11.2. The molecule has 3 nitrogen and oxygen atoms in total. The second-order valence-electron chi connectivity index (χ2n) is 9.31. The Hall–Kier alpha value is -1.35. The van der Waals surface area contributed by atoms with Gasteiger partial charge in [-0.15, -0.1) is 0 Å². The molecule has 1 amide bonds. The van der Waals surface area contributed by atoms with Crippen LogP contribution >= 0.6 is 0 Å². The Bertz CT molecular complexity index is 654. The van der Waals surface area contributed by atoms with Crippen molar-refractivity contribution in [3.8, 4) is 0 Å². The number of nitrogens with zero attached hydrogens (tertiary/aromatic N) is 2. The SMILES string of the molecule is CCCC1CCC(N2CCC3(CC2)CN(C(C)=O)Cc2ccccc23)CC1. The van der Waals surface area contributed by atoms with E-state index in [-0.39, 0.29) is 11.3 Å². The normalized spacial score (nSPS) is 28.1. The summed E-state index contributed by atoms with van der Waals surface area (Å²) in [5.74, 6) is 1.21. The molecule has 0 unspecified atom stereocenters. The Morgan fingerprint density at radius 3 is 2.48 bits per heavy atom. The topological polar surface area (TPSA) is 23.6 Å². The molecule has 2 heterocycles. The highest BCUT2D eigenvalue weighted by molar-refractivity contribution is 5.74. The first kappa shape index (κ1) is 19.0. The summed E-state index contributed by atoms with van der Waals surface area (Å²) in [7, 11) is 0. The molecule has 0 radical (unpaired) electrons. The summed E-state index contributed by atoms with van der Waals surface area (Å²) in [5, 5.41) is 0. The minimum absolute atomic E-state index is 0.177. The Kier molecular flexibility index (Phi) is 5.59. The number of hydrogen-bond acceptors (Lipinski definition) is 2. The molecule has 1 aromatic rings. The Balaban J connectivity index is 1.44. The number of piperidine rings is 1. The molecular formula is C24H36N2O. The van der Waals surface area contributed by atoms with E-state index in [0.29, 0.717) is 0 Å². The maximum atomic E-state index is 12.1. The summed E-state index contributed by atoms with van der Waals surface area (Å²) in [5.41, 5.74) is 3.07. The monoisotopic (exact) mass is 368 g/mol. The fourth-order valence-corrected chi connectivity index (χ4v) is 6.06. The van der Waals surface area contributed by atoms with Gasteiger partial charge in [0.15, 0.2) is 0 Å². The molecule has 1 aromatic carbocycles. The smallest absolute Gasteiger partial charge is 0.219 e. The highest BCUT2D eigenvalue weighted by Crippen LogP contribution is 2.43. The van der Waals surface area contributed by atoms with Crippen molar-refractivity contribution < 1.29 is 4.79 Å². The zero-order valence-electron chi connectivity index (χ0n) is 17.3. The van der Waals surface area contributed by atoms with Crippen LogP contribution < -0.4 is 0 Å². The van der Waals surface area contributed by atoms with Crippen LogP contribution in [0.4, 0.5) is 0 Å². The third kappa shape index (κ3) is 3.81. The highest BCUT2D eigenvalue weighted by atomic mass is 16.2. The summed E-state index contributed by atoms with van der Waals surface area (Å²) in [6.45, 7) is 8.15. The molecule has 27 heavy (non-hydrogen) atoms. The van der Waals surface area contributed by atoms with E-state index >= 15 is 0 Å². The van der Waals surface area contributed by atoms with E-state index in [1.54, 1.807) is 6.92 Å². The molecule has 2 fully saturated rings. The Labute approximate surface area is 165 Å². The van der Waals surface area contributed by atoms with Gasteiger partial charge >= 0.3 is 0 Å². The van der Waals surface area contributed by atoms with Gasteiger partial charge in [0.05, 0.1) is 0 Å². The maximum absolute atomic E-state index is 12.1. The average molecular weight is 369 g/mol. The van der Waals surface area contributed by atoms with E-state index in [9.17, 15) is 4.79 Å². The Morgan fingerprint density at radius 1 is 1.11 bits per heavy atom. The van der Waals surface area contributed by atoms with Crippen molar-refractivity contribution >= 4 is 5.91 Å². The molecule has 3 heteroatoms. The summed E-state index contributed by atoms with van der Waals surface area (Å²) in [6.07, 6.45) is 10.8. The summed E-state index contributed by atoms with van der Waals surface area (Å²) < 4.78 is 0. The molecule has 148 valence electrons. The summed E-state index contributed by atoms with van der Waals surface area (Å²) in [6, 6.07) is 9.68. The van der Waals surface area contributed by atoms with Gasteiger partial charge in [-0.1, -0.05) is 44.0 Å². The molecule has 0 aromatic heterocycles. The number of likely N-dealkylation sites (tertiary alicyclic amines) is 1. The minimum Gasteiger partial charge on any atom is -0.338 e. The lowest BCUT2D eigenvalue weighted by molar-refractivity contribution is -0.131. The molecule has 3 aliphatic rings. The zero-order valence-corrected chi connectivity index (χ0v) is 17.3. The highest BCUT2D eigenvalue weighted by Gasteiger charge is 2.43. The average Bonchev–Trinajstić information content (AvgIpc) is 2.69. The van der Waals surface area contributed by atoms with Gasteiger partial charge in [-0.25, -0.2) is 0 Å². The van der Waals surface area contributed by atoms with Crippen LogP contribution in [0.2, 0.25) is 0 Å². The van der Waals surface area contributed by atoms with Crippen LogP contribution in [0.3, 0.4) is 0 Å². The van der Waals surface area contributed by atoms with Crippen LogP contribution in [0, 0.1) is 5.92 Å².